The zero-order valence-corrected chi connectivity index (χ0v) is 23.8. The molecular weight excluding hydrogens is 496 g/mol. The van der Waals surface area contributed by atoms with Gasteiger partial charge in [0.1, 0.15) is 0 Å². The maximum absolute atomic E-state index is 7.83. The molecule has 2 heteroatoms. The van der Waals surface area contributed by atoms with E-state index < -0.39 is 0 Å². The van der Waals surface area contributed by atoms with Crippen LogP contribution in [0.25, 0.3) is 75.6 Å². The van der Waals surface area contributed by atoms with Crippen molar-refractivity contribution in [3.8, 4) is 11.1 Å². The molecule has 0 N–H and O–H groups in total. The van der Waals surface area contributed by atoms with Crippen molar-refractivity contribution in [2.75, 3.05) is 0 Å². The molecule has 0 aliphatic carbocycles. The first kappa shape index (κ1) is 24.0. The van der Waals surface area contributed by atoms with Crippen LogP contribution in [0, 0.1) is 6.57 Å². The predicted molar refractivity (Wildman–Crippen MR) is 176 cm³/mol. The van der Waals surface area contributed by atoms with E-state index in [0.29, 0.717) is 17.5 Å². The lowest BCUT2D eigenvalue weighted by molar-refractivity contribution is 0.869. The van der Waals surface area contributed by atoms with Gasteiger partial charge in [0.05, 0.1) is 23.1 Å². The topological polar surface area (TPSA) is 8.77 Å². The quantitative estimate of drug-likeness (QED) is 0.202. The molecule has 6 aromatic carbocycles. The van der Waals surface area contributed by atoms with Crippen molar-refractivity contribution in [1.29, 1.82) is 0 Å². The molecule has 0 spiro atoms. The van der Waals surface area contributed by atoms with Crippen molar-refractivity contribution in [3.63, 3.8) is 0 Å². The summed E-state index contributed by atoms with van der Waals surface area (Å²) in [5.41, 5.74) is 9.22. The lowest BCUT2D eigenvalue weighted by atomic mass is 9.95. The fourth-order valence-corrected chi connectivity index (χ4v) is 6.76. The standard InChI is InChI=1S/C39H30N2/c1-22(2)24-10-12-26-20-37-32(16-28(26)14-24)34-18-30(31-8-6-7-9-36(31)40-5)19-35-33-17-29-15-25(23(3)4)11-13-27(29)21-38(33)41(37)39(34)35/h6-23H,1-4H3. The number of hydrogen-bond acceptors (Lipinski definition) is 0. The molecule has 0 radical (unpaired) electrons. The molecule has 2 nitrogen and oxygen atoms in total. The van der Waals surface area contributed by atoms with Gasteiger partial charge < -0.3 is 4.40 Å². The molecule has 0 atom stereocenters. The zero-order chi connectivity index (χ0) is 28.0. The Kier molecular flexibility index (Phi) is 5.01. The van der Waals surface area contributed by atoms with Crippen LogP contribution >= 0.6 is 0 Å². The second-order valence-electron chi connectivity index (χ2n) is 12.1. The fourth-order valence-electron chi connectivity index (χ4n) is 6.76. The molecule has 0 amide bonds. The van der Waals surface area contributed by atoms with Gasteiger partial charge in [0.15, 0.2) is 5.69 Å². The zero-order valence-electron chi connectivity index (χ0n) is 23.8. The highest BCUT2D eigenvalue weighted by Gasteiger charge is 2.21. The summed E-state index contributed by atoms with van der Waals surface area (Å²) in [5.74, 6) is 0.963. The Morgan fingerprint density at radius 3 is 1.61 bits per heavy atom. The van der Waals surface area contributed by atoms with Crippen LogP contribution in [0.4, 0.5) is 5.69 Å². The van der Waals surface area contributed by atoms with Gasteiger partial charge in [-0.05, 0) is 92.0 Å². The summed E-state index contributed by atoms with van der Waals surface area (Å²) >= 11 is 0. The average molecular weight is 527 g/mol. The Hall–Kier alpha value is -4.87. The molecule has 41 heavy (non-hydrogen) atoms. The number of nitrogens with zero attached hydrogens (tertiary/aromatic N) is 2. The molecule has 0 saturated carbocycles. The summed E-state index contributed by atoms with van der Waals surface area (Å²) in [6, 6.07) is 35.9. The van der Waals surface area contributed by atoms with E-state index in [1.165, 1.54) is 70.8 Å². The average Bonchev–Trinajstić information content (AvgIpc) is 3.48. The Bertz CT molecular complexity index is 2240. The van der Waals surface area contributed by atoms with Crippen molar-refractivity contribution in [2.45, 2.75) is 39.5 Å². The third-order valence-corrected chi connectivity index (χ3v) is 9.02. The monoisotopic (exact) mass is 526 g/mol. The molecular formula is C39H30N2. The van der Waals surface area contributed by atoms with Gasteiger partial charge in [-0.15, -0.1) is 0 Å². The molecule has 0 unspecified atom stereocenters. The van der Waals surface area contributed by atoms with E-state index in [4.69, 9.17) is 6.57 Å². The lowest BCUT2D eigenvalue weighted by Gasteiger charge is -2.09. The van der Waals surface area contributed by atoms with E-state index in [-0.39, 0.29) is 0 Å². The number of rotatable bonds is 3. The SMILES string of the molecule is [C-]#[N+]c1ccccc1-c1cc2c3cc4cc(C(C)C)ccc4cc3n3c4cc5ccc(C(C)C)cc5cc4c(c1)c23. The van der Waals surface area contributed by atoms with Crippen molar-refractivity contribution >= 4 is 65.3 Å². The van der Waals surface area contributed by atoms with Gasteiger partial charge in [-0.3, -0.25) is 0 Å². The summed E-state index contributed by atoms with van der Waals surface area (Å²) in [5, 5.41) is 10.1. The van der Waals surface area contributed by atoms with Gasteiger partial charge >= 0.3 is 0 Å². The van der Waals surface area contributed by atoms with Crippen LogP contribution in [0.1, 0.15) is 50.7 Å². The Balaban J connectivity index is 1.56. The number of hydrogen-bond donors (Lipinski definition) is 0. The second-order valence-corrected chi connectivity index (χ2v) is 12.1. The van der Waals surface area contributed by atoms with Crippen LogP contribution in [0.15, 0.2) is 97.1 Å². The molecule has 2 heterocycles. The second kappa shape index (κ2) is 8.56. The summed E-state index contributed by atoms with van der Waals surface area (Å²) < 4.78 is 2.48. The van der Waals surface area contributed by atoms with E-state index in [1.54, 1.807) is 0 Å². The minimum absolute atomic E-state index is 0.482. The van der Waals surface area contributed by atoms with Crippen molar-refractivity contribution in [3.05, 3.63) is 120 Å². The largest absolute Gasteiger partial charge is 0.308 e. The van der Waals surface area contributed by atoms with E-state index >= 15 is 0 Å². The number of aromatic nitrogens is 1. The highest BCUT2D eigenvalue weighted by molar-refractivity contribution is 6.27. The fraction of sp³-hybridized carbons (Fsp3) is 0.154. The van der Waals surface area contributed by atoms with Crippen LogP contribution in [0.2, 0.25) is 0 Å². The highest BCUT2D eigenvalue weighted by atomic mass is 14.9. The normalized spacial score (nSPS) is 12.3. The van der Waals surface area contributed by atoms with Crippen molar-refractivity contribution in [1.82, 2.24) is 4.40 Å². The van der Waals surface area contributed by atoms with Gasteiger partial charge in [0.25, 0.3) is 0 Å². The maximum Gasteiger partial charge on any atom is 0.194 e. The van der Waals surface area contributed by atoms with E-state index in [2.05, 4.69) is 116 Å². The summed E-state index contributed by atoms with van der Waals surface area (Å²) in [7, 11) is 0. The van der Waals surface area contributed by atoms with E-state index in [9.17, 15) is 0 Å². The van der Waals surface area contributed by atoms with Crippen LogP contribution in [0.3, 0.4) is 0 Å². The Morgan fingerprint density at radius 2 is 1.10 bits per heavy atom. The van der Waals surface area contributed by atoms with Crippen LogP contribution in [-0.2, 0) is 0 Å². The molecule has 2 aromatic heterocycles. The Labute approximate surface area is 239 Å². The lowest BCUT2D eigenvalue weighted by Crippen LogP contribution is -1.88. The molecule has 0 bridgehead atoms. The summed E-state index contributed by atoms with van der Waals surface area (Å²) in [4.78, 5) is 3.87. The van der Waals surface area contributed by atoms with Gasteiger partial charge in [0.2, 0.25) is 0 Å². The summed E-state index contributed by atoms with van der Waals surface area (Å²) in [6.07, 6.45) is 0. The minimum atomic E-state index is 0.482. The highest BCUT2D eigenvalue weighted by Crippen LogP contribution is 2.45. The molecule has 8 aromatic rings. The first-order valence-corrected chi connectivity index (χ1v) is 14.5. The smallest absolute Gasteiger partial charge is 0.194 e. The van der Waals surface area contributed by atoms with Crippen LogP contribution in [0.5, 0.6) is 0 Å². The molecule has 0 aliphatic rings. The molecule has 0 aliphatic heterocycles. The van der Waals surface area contributed by atoms with Crippen LogP contribution < -0.4 is 0 Å². The first-order valence-electron chi connectivity index (χ1n) is 14.5. The van der Waals surface area contributed by atoms with Gasteiger partial charge in [-0.25, -0.2) is 4.85 Å². The van der Waals surface area contributed by atoms with Gasteiger partial charge in [-0.2, -0.15) is 0 Å². The molecule has 196 valence electrons. The predicted octanol–water partition coefficient (Wildman–Crippen LogP) is 11.6. The molecule has 0 saturated heterocycles. The van der Waals surface area contributed by atoms with Crippen molar-refractivity contribution < 1.29 is 0 Å². The van der Waals surface area contributed by atoms with Crippen molar-refractivity contribution in [2.24, 2.45) is 0 Å². The van der Waals surface area contributed by atoms with E-state index in [1.807, 2.05) is 18.2 Å². The minimum Gasteiger partial charge on any atom is -0.308 e. The number of fused-ring (bicyclic) bond motifs is 8. The van der Waals surface area contributed by atoms with Crippen LogP contribution in [-0.4, -0.2) is 4.40 Å². The Morgan fingerprint density at radius 1 is 0.561 bits per heavy atom. The third kappa shape index (κ3) is 3.42. The van der Waals surface area contributed by atoms with Gasteiger partial charge in [-0.1, -0.05) is 88.4 Å². The number of benzene rings is 6. The van der Waals surface area contributed by atoms with Gasteiger partial charge in [0, 0.05) is 21.5 Å². The molecule has 8 rings (SSSR count). The number of para-hydroxylation sites is 1. The maximum atomic E-state index is 7.83. The summed E-state index contributed by atoms with van der Waals surface area (Å²) in [6.45, 7) is 16.8. The third-order valence-electron chi connectivity index (χ3n) is 9.02. The first-order chi connectivity index (χ1) is 19.9. The van der Waals surface area contributed by atoms with E-state index in [0.717, 1.165) is 11.1 Å². The molecule has 0 fully saturated rings.